The molecule has 33 heavy (non-hydrogen) atoms. The maximum atomic E-state index is 13.0. The van der Waals surface area contributed by atoms with Gasteiger partial charge in [-0.2, -0.15) is 9.61 Å². The van der Waals surface area contributed by atoms with E-state index in [1.165, 1.54) is 11.3 Å². The van der Waals surface area contributed by atoms with E-state index in [1.54, 1.807) is 10.6 Å². The zero-order valence-electron chi connectivity index (χ0n) is 17.6. The van der Waals surface area contributed by atoms with Gasteiger partial charge in [-0.25, -0.2) is 0 Å². The molecule has 0 unspecified atom stereocenters. The standard InChI is InChI=1S/C23H17BrN6OS2/c1-12-9-10-14(21-29-30-13(2)27-28-23(30)33-21)11-19(12)25-22(32)26-20(31)17-7-3-6-16-15(17)5-4-8-18(16)24/h3-11H,1-2H3,(H2,25,26,31,32). The molecular formula is C23H17BrN6OS2. The Balaban J connectivity index is 1.37. The number of aryl methyl sites for hydroxylation is 2. The minimum atomic E-state index is -0.269. The number of aromatic nitrogens is 4. The molecule has 5 aromatic rings. The molecule has 0 spiro atoms. The van der Waals surface area contributed by atoms with E-state index >= 15 is 0 Å². The average Bonchev–Trinajstić information content (AvgIpc) is 3.37. The van der Waals surface area contributed by atoms with E-state index in [1.807, 2.05) is 62.4 Å². The second-order valence-electron chi connectivity index (χ2n) is 7.43. The number of hydrogen-bond acceptors (Lipinski definition) is 6. The first-order valence-electron chi connectivity index (χ1n) is 10.00. The second kappa shape index (κ2) is 8.62. The number of amides is 1. The lowest BCUT2D eigenvalue weighted by molar-refractivity contribution is 0.0979. The normalized spacial score (nSPS) is 11.1. The summed E-state index contributed by atoms with van der Waals surface area (Å²) in [4.78, 5) is 13.7. The third-order valence-corrected chi connectivity index (χ3v) is 7.06. The van der Waals surface area contributed by atoms with E-state index in [2.05, 4.69) is 41.9 Å². The van der Waals surface area contributed by atoms with Crippen LogP contribution in [0.5, 0.6) is 0 Å². The number of halogens is 1. The number of benzene rings is 3. The van der Waals surface area contributed by atoms with Crippen LogP contribution in [0.4, 0.5) is 5.69 Å². The van der Waals surface area contributed by atoms with Crippen LogP contribution in [0, 0.1) is 13.8 Å². The summed E-state index contributed by atoms with van der Waals surface area (Å²) < 4.78 is 2.66. The molecule has 2 aromatic heterocycles. The van der Waals surface area contributed by atoms with Gasteiger partial charge in [0.15, 0.2) is 10.9 Å². The molecule has 0 aliphatic carbocycles. The Bertz CT molecular complexity index is 1560. The number of anilines is 1. The Morgan fingerprint density at radius 2 is 1.85 bits per heavy atom. The molecule has 0 fully saturated rings. The van der Waals surface area contributed by atoms with Gasteiger partial charge in [-0.3, -0.25) is 10.1 Å². The molecule has 10 heteroatoms. The molecule has 0 aliphatic rings. The Labute approximate surface area is 207 Å². The van der Waals surface area contributed by atoms with Crippen LogP contribution in [0.2, 0.25) is 0 Å². The molecule has 164 valence electrons. The van der Waals surface area contributed by atoms with E-state index in [0.717, 1.165) is 47.9 Å². The minimum Gasteiger partial charge on any atom is -0.332 e. The molecule has 0 saturated carbocycles. The van der Waals surface area contributed by atoms with Crippen LogP contribution in [0.3, 0.4) is 0 Å². The summed E-state index contributed by atoms with van der Waals surface area (Å²) in [6, 6.07) is 17.3. The van der Waals surface area contributed by atoms with Crippen LogP contribution in [0.25, 0.3) is 26.3 Å². The van der Waals surface area contributed by atoms with Crippen LogP contribution < -0.4 is 10.6 Å². The van der Waals surface area contributed by atoms with E-state index in [4.69, 9.17) is 12.2 Å². The highest BCUT2D eigenvalue weighted by Crippen LogP contribution is 2.29. The van der Waals surface area contributed by atoms with E-state index in [9.17, 15) is 4.79 Å². The third-order valence-electron chi connectivity index (χ3n) is 5.22. The van der Waals surface area contributed by atoms with E-state index in [-0.39, 0.29) is 11.0 Å². The Morgan fingerprint density at radius 1 is 1.06 bits per heavy atom. The summed E-state index contributed by atoms with van der Waals surface area (Å²) in [5.74, 6) is 0.469. The molecular weight excluding hydrogens is 520 g/mol. The fraction of sp³-hybridized carbons (Fsp3) is 0.0870. The highest BCUT2D eigenvalue weighted by Gasteiger charge is 2.15. The maximum Gasteiger partial charge on any atom is 0.258 e. The molecule has 5 rings (SSSR count). The predicted octanol–water partition coefficient (Wildman–Crippen LogP) is 5.51. The van der Waals surface area contributed by atoms with Crippen molar-refractivity contribution in [1.82, 2.24) is 25.1 Å². The smallest absolute Gasteiger partial charge is 0.258 e. The van der Waals surface area contributed by atoms with Crippen LogP contribution >= 0.6 is 39.5 Å². The summed E-state index contributed by atoms with van der Waals surface area (Å²) in [5, 5.41) is 21.6. The lowest BCUT2D eigenvalue weighted by Gasteiger charge is -2.13. The largest absolute Gasteiger partial charge is 0.332 e. The summed E-state index contributed by atoms with van der Waals surface area (Å²) >= 11 is 10.4. The van der Waals surface area contributed by atoms with Crippen LogP contribution in [-0.4, -0.2) is 30.8 Å². The average molecular weight is 537 g/mol. The first-order valence-corrected chi connectivity index (χ1v) is 12.0. The van der Waals surface area contributed by atoms with Gasteiger partial charge in [0, 0.05) is 21.3 Å². The first kappa shape index (κ1) is 21.6. The molecule has 3 aromatic carbocycles. The minimum absolute atomic E-state index is 0.223. The summed E-state index contributed by atoms with van der Waals surface area (Å²) in [6.07, 6.45) is 0. The molecule has 2 heterocycles. The van der Waals surface area contributed by atoms with Crippen molar-refractivity contribution in [1.29, 1.82) is 0 Å². The molecule has 1 amide bonds. The van der Waals surface area contributed by atoms with Crippen molar-refractivity contribution in [2.45, 2.75) is 13.8 Å². The van der Waals surface area contributed by atoms with Crippen LogP contribution in [0.1, 0.15) is 21.7 Å². The molecule has 2 N–H and O–H groups in total. The fourth-order valence-corrected chi connectivity index (χ4v) is 5.10. The van der Waals surface area contributed by atoms with Gasteiger partial charge in [-0.15, -0.1) is 10.2 Å². The van der Waals surface area contributed by atoms with Crippen molar-refractivity contribution in [2.24, 2.45) is 0 Å². The lowest BCUT2D eigenvalue weighted by atomic mass is 10.0. The zero-order chi connectivity index (χ0) is 23.1. The van der Waals surface area contributed by atoms with Crippen molar-refractivity contribution in [3.05, 3.63) is 76.0 Å². The maximum absolute atomic E-state index is 13.0. The molecule has 7 nitrogen and oxygen atoms in total. The van der Waals surface area contributed by atoms with Crippen molar-refractivity contribution in [2.75, 3.05) is 5.32 Å². The number of thiocarbonyl (C=S) groups is 1. The summed E-state index contributed by atoms with van der Waals surface area (Å²) in [5.41, 5.74) is 3.26. The lowest BCUT2D eigenvalue weighted by Crippen LogP contribution is -2.34. The zero-order valence-corrected chi connectivity index (χ0v) is 20.8. The van der Waals surface area contributed by atoms with Gasteiger partial charge in [0.1, 0.15) is 5.01 Å². The number of carbonyl (C=O) groups is 1. The highest BCUT2D eigenvalue weighted by atomic mass is 79.9. The van der Waals surface area contributed by atoms with E-state index < -0.39 is 0 Å². The van der Waals surface area contributed by atoms with Crippen LogP contribution in [0.15, 0.2) is 59.1 Å². The first-order chi connectivity index (χ1) is 15.9. The number of rotatable bonds is 3. The summed E-state index contributed by atoms with van der Waals surface area (Å²) in [6.45, 7) is 3.84. The van der Waals surface area contributed by atoms with E-state index in [0.29, 0.717) is 5.56 Å². The molecule has 0 atom stereocenters. The van der Waals surface area contributed by atoms with Gasteiger partial charge in [0.05, 0.1) is 0 Å². The summed E-state index contributed by atoms with van der Waals surface area (Å²) in [7, 11) is 0. The Morgan fingerprint density at radius 3 is 2.67 bits per heavy atom. The Hall–Kier alpha value is -3.21. The second-order valence-corrected chi connectivity index (χ2v) is 9.65. The SMILES string of the molecule is Cc1ccc(-c2nn3c(C)nnc3s2)cc1NC(=S)NC(=O)c1cccc2c(Br)cccc12. The van der Waals surface area contributed by atoms with Gasteiger partial charge in [-0.1, -0.05) is 63.7 Å². The van der Waals surface area contributed by atoms with Gasteiger partial charge in [-0.05, 0) is 60.6 Å². The predicted molar refractivity (Wildman–Crippen MR) is 139 cm³/mol. The number of fused-ring (bicyclic) bond motifs is 2. The molecule has 0 aliphatic heterocycles. The number of carbonyl (C=O) groups excluding carboxylic acids is 1. The van der Waals surface area contributed by atoms with Crippen LogP contribution in [-0.2, 0) is 0 Å². The van der Waals surface area contributed by atoms with Gasteiger partial charge < -0.3 is 5.32 Å². The van der Waals surface area contributed by atoms with Crippen molar-refractivity contribution < 1.29 is 4.79 Å². The van der Waals surface area contributed by atoms with Gasteiger partial charge in [0.2, 0.25) is 4.96 Å². The topological polar surface area (TPSA) is 84.2 Å². The Kier molecular flexibility index (Phi) is 5.65. The number of hydrogen-bond donors (Lipinski definition) is 2. The monoisotopic (exact) mass is 536 g/mol. The number of nitrogens with one attached hydrogen (secondary N) is 2. The molecule has 0 bridgehead atoms. The third kappa shape index (κ3) is 4.12. The fourth-order valence-electron chi connectivity index (χ4n) is 3.51. The molecule has 0 radical (unpaired) electrons. The van der Waals surface area contributed by atoms with Crippen molar-refractivity contribution in [3.8, 4) is 10.6 Å². The van der Waals surface area contributed by atoms with Crippen molar-refractivity contribution in [3.63, 3.8) is 0 Å². The van der Waals surface area contributed by atoms with Gasteiger partial charge >= 0.3 is 0 Å². The molecule has 0 saturated heterocycles. The quantitative estimate of drug-likeness (QED) is 0.295. The highest BCUT2D eigenvalue weighted by molar-refractivity contribution is 9.10. The number of nitrogens with zero attached hydrogens (tertiary/aromatic N) is 4. The van der Waals surface area contributed by atoms with Crippen molar-refractivity contribution >= 4 is 71.9 Å². The van der Waals surface area contributed by atoms with Gasteiger partial charge in [0.25, 0.3) is 5.91 Å².